The van der Waals surface area contributed by atoms with Gasteiger partial charge in [0, 0.05) is 18.1 Å². The van der Waals surface area contributed by atoms with Crippen LogP contribution in [0.15, 0.2) is 88.1 Å². The Hall–Kier alpha value is -4.10. The topological polar surface area (TPSA) is 97.8 Å². The molecule has 1 amide bonds. The first-order chi connectivity index (χ1) is 16.0. The summed E-state index contributed by atoms with van der Waals surface area (Å²) in [6.07, 6.45) is 0.409. The fraction of sp³-hybridized carbons (Fsp3) is 0.154. The van der Waals surface area contributed by atoms with E-state index in [1.807, 2.05) is 48.5 Å². The van der Waals surface area contributed by atoms with Crippen LogP contribution in [-0.2, 0) is 11.2 Å². The van der Waals surface area contributed by atoms with E-state index in [-0.39, 0.29) is 5.91 Å². The summed E-state index contributed by atoms with van der Waals surface area (Å²) in [4.78, 5) is 27.0. The summed E-state index contributed by atoms with van der Waals surface area (Å²) in [6.45, 7) is 0. The molecule has 0 saturated carbocycles. The lowest BCUT2D eigenvalue weighted by atomic mass is 10.1. The van der Waals surface area contributed by atoms with Crippen molar-refractivity contribution < 1.29 is 13.9 Å². The van der Waals surface area contributed by atoms with Crippen LogP contribution in [0, 0.1) is 0 Å². The third kappa shape index (κ3) is 4.88. The molecule has 0 aliphatic carbocycles. The molecule has 0 unspecified atom stereocenters. The van der Waals surface area contributed by atoms with Gasteiger partial charge in [-0.25, -0.2) is 4.79 Å². The number of amides is 1. The number of carbonyl (C=O) groups excluding carboxylic acids is 1. The third-order valence-electron chi connectivity index (χ3n) is 5.45. The summed E-state index contributed by atoms with van der Waals surface area (Å²) in [5, 5.41) is 3.67. The van der Waals surface area contributed by atoms with Crippen LogP contribution in [0.5, 0.6) is 5.75 Å². The summed E-state index contributed by atoms with van der Waals surface area (Å²) in [5.41, 5.74) is 8.68. The summed E-state index contributed by atoms with van der Waals surface area (Å²) in [7, 11) is 3.28. The largest absolute Gasteiger partial charge is 0.495 e. The molecule has 7 nitrogen and oxygen atoms in total. The molecule has 4 aromatic rings. The van der Waals surface area contributed by atoms with E-state index in [1.165, 1.54) is 7.11 Å². The highest BCUT2D eigenvalue weighted by atomic mass is 16.5. The maximum atomic E-state index is 12.8. The van der Waals surface area contributed by atoms with Crippen molar-refractivity contribution in [3.63, 3.8) is 0 Å². The number of nitrogens with one attached hydrogen (secondary N) is 1. The minimum Gasteiger partial charge on any atom is -0.495 e. The molecule has 0 radical (unpaired) electrons. The van der Waals surface area contributed by atoms with Crippen molar-refractivity contribution in [1.29, 1.82) is 0 Å². The van der Waals surface area contributed by atoms with Gasteiger partial charge >= 0.3 is 5.63 Å². The maximum absolute atomic E-state index is 12.8. The minimum absolute atomic E-state index is 0.331. The number of benzene rings is 3. The van der Waals surface area contributed by atoms with Gasteiger partial charge in [-0.15, -0.1) is 0 Å². The zero-order valence-electron chi connectivity index (χ0n) is 18.4. The lowest BCUT2D eigenvalue weighted by Gasteiger charge is -2.21. The second-order valence-electron chi connectivity index (χ2n) is 7.69. The van der Waals surface area contributed by atoms with Crippen molar-refractivity contribution in [1.82, 2.24) is 0 Å². The Morgan fingerprint density at radius 3 is 2.55 bits per heavy atom. The summed E-state index contributed by atoms with van der Waals surface area (Å²) in [6, 6.07) is 23.2. The minimum atomic E-state index is -0.731. The van der Waals surface area contributed by atoms with E-state index in [1.54, 1.807) is 42.3 Å². The lowest BCUT2D eigenvalue weighted by molar-refractivity contribution is -0.117. The monoisotopic (exact) mass is 443 g/mol. The van der Waals surface area contributed by atoms with Crippen molar-refractivity contribution in [3.05, 3.63) is 94.8 Å². The molecule has 4 rings (SSSR count). The number of nitrogens with two attached hydrogens (primary N) is 1. The Kier molecular flexibility index (Phi) is 6.42. The SMILES string of the molecule is COc1ccc(N(C)c2cc3ccccc3oc2=O)cc1NC(=O)[C@@H](N)Cc1ccccc1. The van der Waals surface area contributed by atoms with Crippen LogP contribution >= 0.6 is 0 Å². The molecule has 0 fully saturated rings. The Labute approximate surface area is 191 Å². The highest BCUT2D eigenvalue weighted by Gasteiger charge is 2.18. The number of hydrogen-bond acceptors (Lipinski definition) is 6. The number of methoxy groups -OCH3 is 1. The number of hydrogen-bond donors (Lipinski definition) is 2. The molecule has 0 spiro atoms. The molecule has 1 atom stereocenters. The van der Waals surface area contributed by atoms with Crippen molar-refractivity contribution in [2.24, 2.45) is 5.73 Å². The standard InChI is InChI=1S/C26H25N3O4/c1-29(22-15-18-10-6-7-11-23(18)33-26(22)31)19-12-13-24(32-2)21(16-19)28-25(30)20(27)14-17-8-4-3-5-9-17/h3-13,15-16,20H,14,27H2,1-2H3,(H,28,30)/t20-/m0/s1. The molecule has 7 heteroatoms. The first-order valence-electron chi connectivity index (χ1n) is 10.5. The van der Waals surface area contributed by atoms with Gasteiger partial charge in [0.2, 0.25) is 5.91 Å². The number of ether oxygens (including phenoxy) is 1. The van der Waals surface area contributed by atoms with Gasteiger partial charge in [0.05, 0.1) is 18.8 Å². The predicted molar refractivity (Wildman–Crippen MR) is 130 cm³/mol. The number of nitrogens with zero attached hydrogens (tertiary/aromatic N) is 1. The van der Waals surface area contributed by atoms with E-state index in [0.29, 0.717) is 34.8 Å². The van der Waals surface area contributed by atoms with E-state index in [4.69, 9.17) is 14.9 Å². The van der Waals surface area contributed by atoms with Crippen LogP contribution in [0.2, 0.25) is 0 Å². The molecule has 3 aromatic carbocycles. The molecule has 0 aliphatic rings. The Morgan fingerprint density at radius 2 is 1.79 bits per heavy atom. The molecule has 1 aromatic heterocycles. The zero-order chi connectivity index (χ0) is 23.4. The van der Waals surface area contributed by atoms with Crippen LogP contribution in [0.3, 0.4) is 0 Å². The quantitative estimate of drug-likeness (QED) is 0.418. The van der Waals surface area contributed by atoms with Crippen LogP contribution in [0.1, 0.15) is 5.56 Å². The van der Waals surface area contributed by atoms with Crippen molar-refractivity contribution in [3.8, 4) is 5.75 Å². The van der Waals surface area contributed by atoms with Crippen LogP contribution in [-0.4, -0.2) is 26.1 Å². The third-order valence-corrected chi connectivity index (χ3v) is 5.45. The number of anilines is 3. The summed E-state index contributed by atoms with van der Waals surface area (Å²) in [5.74, 6) is 0.153. The first-order valence-corrected chi connectivity index (χ1v) is 10.5. The molecule has 168 valence electrons. The fourth-order valence-electron chi connectivity index (χ4n) is 3.61. The van der Waals surface area contributed by atoms with E-state index in [9.17, 15) is 9.59 Å². The number of carbonyl (C=O) groups is 1. The number of fused-ring (bicyclic) bond motifs is 1. The van der Waals surface area contributed by atoms with Crippen LogP contribution < -0.4 is 26.3 Å². The van der Waals surface area contributed by atoms with Crippen molar-refractivity contribution in [2.45, 2.75) is 12.5 Å². The van der Waals surface area contributed by atoms with E-state index < -0.39 is 11.7 Å². The van der Waals surface area contributed by atoms with Gasteiger partial charge in [-0.05, 0) is 42.3 Å². The molecule has 0 saturated heterocycles. The van der Waals surface area contributed by atoms with Crippen molar-refractivity contribution >= 4 is 33.9 Å². The van der Waals surface area contributed by atoms with Gasteiger partial charge in [-0.1, -0.05) is 48.5 Å². The first kappa shape index (κ1) is 22.1. The van der Waals surface area contributed by atoms with Gasteiger partial charge in [0.25, 0.3) is 0 Å². The van der Waals surface area contributed by atoms with Gasteiger partial charge < -0.3 is 25.1 Å². The van der Waals surface area contributed by atoms with Gasteiger partial charge in [0.15, 0.2) is 0 Å². The Balaban J connectivity index is 1.59. The van der Waals surface area contributed by atoms with Gasteiger partial charge in [0.1, 0.15) is 17.0 Å². The van der Waals surface area contributed by atoms with E-state index >= 15 is 0 Å². The molecular formula is C26H25N3O4. The highest BCUT2D eigenvalue weighted by molar-refractivity contribution is 5.97. The number of para-hydroxylation sites is 1. The average Bonchev–Trinajstić information content (AvgIpc) is 2.83. The molecule has 0 bridgehead atoms. The lowest BCUT2D eigenvalue weighted by Crippen LogP contribution is -2.37. The molecule has 3 N–H and O–H groups in total. The smallest absolute Gasteiger partial charge is 0.360 e. The highest BCUT2D eigenvalue weighted by Crippen LogP contribution is 2.32. The van der Waals surface area contributed by atoms with Gasteiger partial charge in [-0.2, -0.15) is 0 Å². The van der Waals surface area contributed by atoms with E-state index in [0.717, 1.165) is 10.9 Å². The van der Waals surface area contributed by atoms with Gasteiger partial charge in [-0.3, -0.25) is 4.79 Å². The second kappa shape index (κ2) is 9.58. The Bertz CT molecular complexity index is 1330. The van der Waals surface area contributed by atoms with Crippen LogP contribution in [0.25, 0.3) is 11.0 Å². The van der Waals surface area contributed by atoms with Crippen LogP contribution in [0.4, 0.5) is 17.1 Å². The second-order valence-corrected chi connectivity index (χ2v) is 7.69. The molecule has 0 aliphatic heterocycles. The maximum Gasteiger partial charge on any atom is 0.360 e. The number of rotatable bonds is 7. The fourth-order valence-corrected chi connectivity index (χ4v) is 3.61. The zero-order valence-corrected chi connectivity index (χ0v) is 18.4. The average molecular weight is 444 g/mol. The molecular weight excluding hydrogens is 418 g/mol. The van der Waals surface area contributed by atoms with Crippen molar-refractivity contribution in [2.75, 3.05) is 24.4 Å². The normalized spacial score (nSPS) is 11.7. The van der Waals surface area contributed by atoms with E-state index in [2.05, 4.69) is 5.32 Å². The Morgan fingerprint density at radius 1 is 1.06 bits per heavy atom. The summed E-state index contributed by atoms with van der Waals surface area (Å²) < 4.78 is 10.9. The summed E-state index contributed by atoms with van der Waals surface area (Å²) >= 11 is 0. The molecule has 33 heavy (non-hydrogen) atoms. The molecule has 1 heterocycles. The predicted octanol–water partition coefficient (Wildman–Crippen LogP) is 4.08.